The molecule has 0 unspecified atom stereocenters. The average Bonchev–Trinajstić information content (AvgIpc) is 2.11. The van der Waals surface area contributed by atoms with Gasteiger partial charge in [-0.2, -0.15) is 0 Å². The smallest absolute Gasteiger partial charge is 0.0212 e. The van der Waals surface area contributed by atoms with Crippen molar-refractivity contribution in [2.24, 2.45) is 0 Å². The van der Waals surface area contributed by atoms with Gasteiger partial charge in [-0.15, -0.1) is 0 Å². The van der Waals surface area contributed by atoms with Crippen LogP contribution < -0.4 is 0 Å². The lowest BCUT2D eigenvalue weighted by atomic mass is 10.1. The van der Waals surface area contributed by atoms with Gasteiger partial charge < -0.3 is 0 Å². The van der Waals surface area contributed by atoms with E-state index in [1.54, 1.807) is 6.08 Å². The fourth-order valence-corrected chi connectivity index (χ4v) is 1.21. The third-order valence-electron chi connectivity index (χ3n) is 1.45. The summed E-state index contributed by atoms with van der Waals surface area (Å²) in [6.45, 7) is 7.82. The molecule has 66 valence electrons. The lowest BCUT2D eigenvalue weighted by molar-refractivity contribution is 1.37. The summed E-state index contributed by atoms with van der Waals surface area (Å²) in [5.41, 5.74) is 2.68. The summed E-state index contributed by atoms with van der Waals surface area (Å²) < 4.78 is 1.07. The SMILES string of the molecule is C=C\C=C/C(/C=C\C)=C(/C)CI. The number of hydrogen-bond donors (Lipinski definition) is 0. The van der Waals surface area contributed by atoms with E-state index in [1.165, 1.54) is 11.1 Å². The highest BCUT2D eigenvalue weighted by atomic mass is 127. The Bertz CT molecular complexity index is 219. The van der Waals surface area contributed by atoms with Crippen molar-refractivity contribution in [1.82, 2.24) is 0 Å². The zero-order valence-electron chi connectivity index (χ0n) is 7.68. The summed E-state index contributed by atoms with van der Waals surface area (Å²) in [6, 6.07) is 0. The molecule has 0 nitrogen and oxygen atoms in total. The first-order valence-electron chi connectivity index (χ1n) is 3.93. The van der Waals surface area contributed by atoms with Gasteiger partial charge in [0.25, 0.3) is 0 Å². The number of hydrogen-bond acceptors (Lipinski definition) is 0. The van der Waals surface area contributed by atoms with Crippen molar-refractivity contribution >= 4 is 22.6 Å². The van der Waals surface area contributed by atoms with Gasteiger partial charge in [-0.3, -0.25) is 0 Å². The Kier molecular flexibility index (Phi) is 7.16. The highest BCUT2D eigenvalue weighted by Crippen LogP contribution is 2.10. The van der Waals surface area contributed by atoms with Gasteiger partial charge in [0.2, 0.25) is 0 Å². The topological polar surface area (TPSA) is 0 Å². The number of alkyl halides is 1. The van der Waals surface area contributed by atoms with Crippen LogP contribution in [0.1, 0.15) is 13.8 Å². The predicted octanol–water partition coefficient (Wildman–Crippen LogP) is 4.06. The molecule has 0 heterocycles. The van der Waals surface area contributed by atoms with Gasteiger partial charge in [0.05, 0.1) is 0 Å². The first kappa shape index (κ1) is 11.7. The van der Waals surface area contributed by atoms with E-state index in [1.807, 2.05) is 13.0 Å². The summed E-state index contributed by atoms with van der Waals surface area (Å²) in [6.07, 6.45) is 10.0. The van der Waals surface area contributed by atoms with Gasteiger partial charge in [-0.05, 0) is 19.4 Å². The Balaban J connectivity index is 4.64. The van der Waals surface area contributed by atoms with Crippen molar-refractivity contribution < 1.29 is 0 Å². The highest BCUT2D eigenvalue weighted by Gasteiger charge is 1.91. The van der Waals surface area contributed by atoms with Crippen LogP contribution in [0.4, 0.5) is 0 Å². The molecule has 0 bridgehead atoms. The van der Waals surface area contributed by atoms with Gasteiger partial charge in [-0.1, -0.05) is 65.1 Å². The van der Waals surface area contributed by atoms with E-state index < -0.39 is 0 Å². The monoisotopic (exact) mass is 274 g/mol. The Labute approximate surface area is 88.9 Å². The molecular formula is C11H15I. The fraction of sp³-hybridized carbons (Fsp3) is 0.273. The Morgan fingerprint density at radius 1 is 1.42 bits per heavy atom. The molecule has 0 aliphatic heterocycles. The van der Waals surface area contributed by atoms with Crippen LogP contribution in [-0.2, 0) is 0 Å². The van der Waals surface area contributed by atoms with Crippen LogP contribution in [0.15, 0.2) is 48.1 Å². The molecular weight excluding hydrogens is 259 g/mol. The molecule has 0 saturated heterocycles. The molecule has 0 radical (unpaired) electrons. The summed E-state index contributed by atoms with van der Waals surface area (Å²) in [4.78, 5) is 0. The molecule has 0 aromatic heterocycles. The maximum Gasteiger partial charge on any atom is 0.0212 e. The standard InChI is InChI=1S/C11H15I/c1-4-6-8-11(7-5-2)10(3)9-12/h4-8H,1,9H2,2-3H3/b7-5-,8-6-,11-10-. The molecule has 0 aromatic rings. The van der Waals surface area contributed by atoms with Gasteiger partial charge >= 0.3 is 0 Å². The summed E-state index contributed by atoms with van der Waals surface area (Å²) in [5, 5.41) is 0. The maximum atomic E-state index is 3.64. The molecule has 0 aromatic carbocycles. The minimum absolute atomic E-state index is 1.07. The zero-order valence-corrected chi connectivity index (χ0v) is 9.84. The van der Waals surface area contributed by atoms with Gasteiger partial charge in [0.1, 0.15) is 0 Å². The largest absolute Gasteiger partial charge is 0.0991 e. The lowest BCUT2D eigenvalue weighted by Gasteiger charge is -1.98. The second-order valence-electron chi connectivity index (χ2n) is 2.46. The molecule has 12 heavy (non-hydrogen) atoms. The van der Waals surface area contributed by atoms with E-state index in [2.05, 4.69) is 54.3 Å². The lowest BCUT2D eigenvalue weighted by Crippen LogP contribution is -1.82. The molecule has 0 aliphatic rings. The third-order valence-corrected chi connectivity index (χ3v) is 2.60. The van der Waals surface area contributed by atoms with Crippen LogP contribution in [0.5, 0.6) is 0 Å². The van der Waals surface area contributed by atoms with E-state index in [-0.39, 0.29) is 0 Å². The van der Waals surface area contributed by atoms with E-state index >= 15 is 0 Å². The first-order chi connectivity index (χ1) is 5.76. The number of rotatable bonds is 4. The molecule has 0 spiro atoms. The first-order valence-corrected chi connectivity index (χ1v) is 5.46. The van der Waals surface area contributed by atoms with Crippen LogP contribution in [-0.4, -0.2) is 4.43 Å². The summed E-state index contributed by atoms with van der Waals surface area (Å²) in [5.74, 6) is 0. The average molecular weight is 274 g/mol. The molecule has 0 rings (SSSR count). The Hall–Kier alpha value is -0.310. The molecule has 1 heteroatoms. The van der Waals surface area contributed by atoms with Crippen LogP contribution in [0.25, 0.3) is 0 Å². The molecule has 0 aliphatic carbocycles. The van der Waals surface area contributed by atoms with E-state index in [9.17, 15) is 0 Å². The number of allylic oxidation sites excluding steroid dienone is 7. The minimum Gasteiger partial charge on any atom is -0.0991 e. The molecule has 0 amide bonds. The van der Waals surface area contributed by atoms with Crippen molar-refractivity contribution in [3.8, 4) is 0 Å². The van der Waals surface area contributed by atoms with Gasteiger partial charge in [0.15, 0.2) is 0 Å². The Morgan fingerprint density at radius 3 is 2.50 bits per heavy atom. The van der Waals surface area contributed by atoms with Crippen LogP contribution in [0.3, 0.4) is 0 Å². The minimum atomic E-state index is 1.07. The fourth-order valence-electron chi connectivity index (χ4n) is 0.768. The van der Waals surface area contributed by atoms with Gasteiger partial charge in [-0.25, -0.2) is 0 Å². The maximum absolute atomic E-state index is 3.64. The zero-order chi connectivity index (χ0) is 9.40. The predicted molar refractivity (Wildman–Crippen MR) is 65.7 cm³/mol. The Morgan fingerprint density at radius 2 is 2.08 bits per heavy atom. The second kappa shape index (κ2) is 7.35. The van der Waals surface area contributed by atoms with E-state index in [0.29, 0.717) is 0 Å². The normalized spacial score (nSPS) is 13.9. The van der Waals surface area contributed by atoms with Crippen LogP contribution >= 0.6 is 22.6 Å². The molecule has 0 saturated carbocycles. The summed E-state index contributed by atoms with van der Waals surface area (Å²) >= 11 is 2.37. The molecule has 0 atom stereocenters. The van der Waals surface area contributed by atoms with Crippen molar-refractivity contribution in [2.75, 3.05) is 4.43 Å². The second-order valence-corrected chi connectivity index (χ2v) is 3.23. The summed E-state index contributed by atoms with van der Waals surface area (Å²) in [7, 11) is 0. The van der Waals surface area contributed by atoms with Crippen molar-refractivity contribution in [3.63, 3.8) is 0 Å². The quantitative estimate of drug-likeness (QED) is 0.412. The van der Waals surface area contributed by atoms with E-state index in [4.69, 9.17) is 0 Å². The highest BCUT2D eigenvalue weighted by molar-refractivity contribution is 14.1. The van der Waals surface area contributed by atoms with Crippen molar-refractivity contribution in [2.45, 2.75) is 13.8 Å². The van der Waals surface area contributed by atoms with Crippen molar-refractivity contribution in [3.05, 3.63) is 48.1 Å². The van der Waals surface area contributed by atoms with Crippen LogP contribution in [0.2, 0.25) is 0 Å². The molecule has 0 fully saturated rings. The van der Waals surface area contributed by atoms with E-state index in [0.717, 1.165) is 4.43 Å². The van der Waals surface area contributed by atoms with Crippen molar-refractivity contribution in [1.29, 1.82) is 0 Å². The third kappa shape index (κ3) is 4.54. The van der Waals surface area contributed by atoms with Gasteiger partial charge in [0, 0.05) is 4.43 Å². The number of halogens is 1. The van der Waals surface area contributed by atoms with Crippen LogP contribution in [0, 0.1) is 0 Å². The molecule has 0 N–H and O–H groups in total.